The summed E-state index contributed by atoms with van der Waals surface area (Å²) in [6.07, 6.45) is 1.98. The molecule has 2 N–H and O–H groups in total. The Hall–Kier alpha value is -0.660. The molecular weight excluding hydrogens is 246 g/mol. The second-order valence-electron chi connectivity index (χ2n) is 3.97. The average Bonchev–Trinajstić information content (AvgIpc) is 2.76. The predicted octanol–water partition coefficient (Wildman–Crippen LogP) is 0.945. The van der Waals surface area contributed by atoms with Crippen molar-refractivity contribution >= 4 is 26.5 Å². The summed E-state index contributed by atoms with van der Waals surface area (Å²) in [5, 5.41) is 5.45. The van der Waals surface area contributed by atoms with Crippen LogP contribution in [0.25, 0.3) is 0 Å². The van der Waals surface area contributed by atoms with E-state index in [2.05, 4.69) is 15.0 Å². The molecule has 5 nitrogen and oxygen atoms in total. The fourth-order valence-electron chi connectivity index (χ4n) is 1.74. The predicted molar refractivity (Wildman–Crippen MR) is 65.3 cm³/mol. The van der Waals surface area contributed by atoms with Crippen LogP contribution in [0.5, 0.6) is 0 Å². The van der Waals surface area contributed by atoms with E-state index in [1.165, 1.54) is 11.3 Å². The first-order valence-corrected chi connectivity index (χ1v) is 7.74. The Morgan fingerprint density at radius 3 is 3.06 bits per heavy atom. The lowest BCUT2D eigenvalue weighted by Gasteiger charge is -2.10. The molecule has 1 aromatic heterocycles. The maximum atomic E-state index is 11.8. The van der Waals surface area contributed by atoms with Crippen molar-refractivity contribution in [1.29, 1.82) is 0 Å². The number of aryl methyl sites for hydroxylation is 1. The van der Waals surface area contributed by atoms with Crippen LogP contribution < -0.4 is 10.0 Å². The van der Waals surface area contributed by atoms with E-state index in [-0.39, 0.29) is 11.8 Å². The molecule has 0 amide bonds. The summed E-state index contributed by atoms with van der Waals surface area (Å²) in [7, 11) is -3.27. The molecule has 1 atom stereocenters. The summed E-state index contributed by atoms with van der Waals surface area (Å²) in [6, 6.07) is 0.0820. The monoisotopic (exact) mass is 261 g/mol. The maximum absolute atomic E-state index is 11.8. The number of hydrogen-bond acceptors (Lipinski definition) is 5. The third-order valence-electron chi connectivity index (χ3n) is 2.44. The summed E-state index contributed by atoms with van der Waals surface area (Å²) < 4.78 is 26.1. The molecule has 1 fully saturated rings. The highest BCUT2D eigenvalue weighted by molar-refractivity contribution is 7.92. The maximum Gasteiger partial charge on any atom is 0.236 e. The van der Waals surface area contributed by atoms with Gasteiger partial charge in [-0.05, 0) is 26.3 Å². The van der Waals surface area contributed by atoms with E-state index in [4.69, 9.17) is 0 Å². The van der Waals surface area contributed by atoms with E-state index in [9.17, 15) is 8.42 Å². The van der Waals surface area contributed by atoms with Crippen molar-refractivity contribution in [1.82, 2.24) is 10.3 Å². The number of nitrogens with one attached hydrogen (secondary N) is 2. The number of rotatable bonds is 4. The van der Waals surface area contributed by atoms with Crippen LogP contribution in [0.2, 0.25) is 0 Å². The van der Waals surface area contributed by atoms with Gasteiger partial charge in [-0.3, -0.25) is 4.72 Å². The zero-order chi connectivity index (χ0) is 11.6. The third-order valence-corrected chi connectivity index (χ3v) is 4.80. The largest absolute Gasteiger partial charge is 0.313 e. The molecule has 0 saturated carbocycles. The van der Waals surface area contributed by atoms with Gasteiger partial charge in [0.2, 0.25) is 10.0 Å². The van der Waals surface area contributed by atoms with E-state index in [1.807, 2.05) is 12.3 Å². The molecule has 1 aliphatic rings. The highest BCUT2D eigenvalue weighted by Gasteiger charge is 2.22. The van der Waals surface area contributed by atoms with Crippen LogP contribution in [-0.2, 0) is 10.0 Å². The molecule has 0 aromatic carbocycles. The lowest BCUT2D eigenvalue weighted by Crippen LogP contribution is -2.32. The molecule has 0 bridgehead atoms. The Morgan fingerprint density at radius 2 is 2.50 bits per heavy atom. The summed E-state index contributed by atoms with van der Waals surface area (Å²) in [4.78, 5) is 4.08. The van der Waals surface area contributed by atoms with Crippen LogP contribution in [0, 0.1) is 6.92 Å². The minimum atomic E-state index is -3.27. The fourth-order valence-corrected chi connectivity index (χ4v) is 4.05. The van der Waals surface area contributed by atoms with Crippen molar-refractivity contribution in [3.05, 3.63) is 11.1 Å². The summed E-state index contributed by atoms with van der Waals surface area (Å²) in [6.45, 7) is 2.75. The molecule has 16 heavy (non-hydrogen) atoms. The summed E-state index contributed by atoms with van der Waals surface area (Å²) >= 11 is 1.31. The van der Waals surface area contributed by atoms with Crippen LogP contribution in [0.4, 0.5) is 5.13 Å². The Balaban J connectivity index is 1.96. The highest BCUT2D eigenvalue weighted by atomic mass is 32.2. The first kappa shape index (κ1) is 11.8. The lowest BCUT2D eigenvalue weighted by molar-refractivity contribution is 0.582. The van der Waals surface area contributed by atoms with Gasteiger partial charge in [-0.15, -0.1) is 11.3 Å². The van der Waals surface area contributed by atoms with Crippen molar-refractivity contribution in [2.45, 2.75) is 25.8 Å². The molecule has 7 heteroatoms. The van der Waals surface area contributed by atoms with Gasteiger partial charge in [0.1, 0.15) is 0 Å². The normalized spacial score (nSPS) is 21.2. The van der Waals surface area contributed by atoms with Gasteiger partial charge < -0.3 is 5.32 Å². The van der Waals surface area contributed by atoms with Crippen LogP contribution in [0.3, 0.4) is 0 Å². The summed E-state index contributed by atoms with van der Waals surface area (Å²) in [5.74, 6) is 0.131. The standard InChI is InChI=1S/C9H15N3O2S2/c1-7-5-15-9(11-7)12-16(13,14)6-8-3-2-4-10-8/h5,8,10H,2-4,6H2,1H3,(H,11,12). The zero-order valence-electron chi connectivity index (χ0n) is 9.06. The first-order chi connectivity index (χ1) is 7.55. The number of thiazole rings is 1. The van der Waals surface area contributed by atoms with Gasteiger partial charge in [0.15, 0.2) is 5.13 Å². The molecule has 2 rings (SSSR count). The molecule has 1 aliphatic heterocycles. The molecule has 1 aromatic rings. The van der Waals surface area contributed by atoms with E-state index < -0.39 is 10.0 Å². The van der Waals surface area contributed by atoms with Crippen molar-refractivity contribution in [3.8, 4) is 0 Å². The molecule has 0 aliphatic carbocycles. The molecule has 90 valence electrons. The van der Waals surface area contributed by atoms with Crippen LogP contribution >= 0.6 is 11.3 Å². The summed E-state index contributed by atoms with van der Waals surface area (Å²) in [5.41, 5.74) is 0.835. The molecule has 0 radical (unpaired) electrons. The first-order valence-electron chi connectivity index (χ1n) is 5.21. The van der Waals surface area contributed by atoms with E-state index in [1.54, 1.807) is 0 Å². The molecule has 0 spiro atoms. The smallest absolute Gasteiger partial charge is 0.236 e. The quantitative estimate of drug-likeness (QED) is 0.846. The minimum Gasteiger partial charge on any atom is -0.313 e. The Morgan fingerprint density at radius 1 is 1.69 bits per heavy atom. The van der Waals surface area contributed by atoms with E-state index >= 15 is 0 Å². The van der Waals surface area contributed by atoms with Gasteiger partial charge in [0.25, 0.3) is 0 Å². The van der Waals surface area contributed by atoms with Gasteiger partial charge in [-0.1, -0.05) is 0 Å². The molecule has 1 unspecified atom stereocenters. The number of sulfonamides is 1. The number of nitrogens with zero attached hydrogens (tertiary/aromatic N) is 1. The minimum absolute atomic E-state index is 0.0820. The lowest BCUT2D eigenvalue weighted by atomic mass is 10.3. The van der Waals surface area contributed by atoms with Gasteiger partial charge in [-0.2, -0.15) is 0 Å². The Kier molecular flexibility index (Phi) is 3.46. The second kappa shape index (κ2) is 4.68. The van der Waals surface area contributed by atoms with Crippen LogP contribution in [-0.4, -0.2) is 31.7 Å². The zero-order valence-corrected chi connectivity index (χ0v) is 10.7. The highest BCUT2D eigenvalue weighted by Crippen LogP contribution is 2.17. The number of hydrogen-bond donors (Lipinski definition) is 2. The van der Waals surface area contributed by atoms with Crippen LogP contribution in [0.1, 0.15) is 18.5 Å². The van der Waals surface area contributed by atoms with Gasteiger partial charge in [0.05, 0.1) is 11.4 Å². The SMILES string of the molecule is Cc1csc(NS(=O)(=O)CC2CCCN2)n1. The number of aromatic nitrogens is 1. The molecule has 2 heterocycles. The average molecular weight is 261 g/mol. The van der Waals surface area contributed by atoms with Crippen molar-refractivity contribution in [2.24, 2.45) is 0 Å². The van der Waals surface area contributed by atoms with E-state index in [0.29, 0.717) is 5.13 Å². The van der Waals surface area contributed by atoms with Crippen molar-refractivity contribution < 1.29 is 8.42 Å². The Bertz CT molecular complexity index is 449. The van der Waals surface area contributed by atoms with Crippen LogP contribution in [0.15, 0.2) is 5.38 Å². The molecule has 1 saturated heterocycles. The van der Waals surface area contributed by atoms with Crippen molar-refractivity contribution in [2.75, 3.05) is 17.0 Å². The fraction of sp³-hybridized carbons (Fsp3) is 0.667. The second-order valence-corrected chi connectivity index (χ2v) is 6.60. The Labute approximate surface area is 99.3 Å². The third kappa shape index (κ3) is 3.16. The van der Waals surface area contributed by atoms with Gasteiger partial charge >= 0.3 is 0 Å². The van der Waals surface area contributed by atoms with Gasteiger partial charge in [-0.25, -0.2) is 13.4 Å². The van der Waals surface area contributed by atoms with Gasteiger partial charge in [0, 0.05) is 11.4 Å². The number of anilines is 1. The molecular formula is C9H15N3O2S2. The van der Waals surface area contributed by atoms with E-state index in [0.717, 1.165) is 25.1 Å². The topological polar surface area (TPSA) is 71.1 Å². The van der Waals surface area contributed by atoms with Crippen molar-refractivity contribution in [3.63, 3.8) is 0 Å².